The second kappa shape index (κ2) is 7.03. The number of methoxy groups -OCH3 is 1. The Hall–Kier alpha value is -1.42. The van der Waals surface area contributed by atoms with Gasteiger partial charge in [0.1, 0.15) is 11.6 Å². The number of Topliss-reactive ketones (excluding diaryl/α,β-unsaturated/α-hetero) is 1. The Morgan fingerprint density at radius 1 is 1.33 bits per heavy atom. The molecule has 0 aromatic heterocycles. The highest BCUT2D eigenvalue weighted by atomic mass is 19.1. The first kappa shape index (κ1) is 16.0. The standard InChI is InChI=1S/C17H24FNO2/c1-12-9-13(2)11-19(10-12)8-7-15(20)17-14(18)5-4-6-16(17)21-3/h4-6,12-13H,7-11H2,1-3H3. The van der Waals surface area contributed by atoms with Gasteiger partial charge in [-0.05, 0) is 30.4 Å². The van der Waals surface area contributed by atoms with Gasteiger partial charge < -0.3 is 9.64 Å². The average molecular weight is 293 g/mol. The summed E-state index contributed by atoms with van der Waals surface area (Å²) in [6, 6.07) is 4.49. The number of ketones is 1. The Balaban J connectivity index is 1.99. The maximum atomic E-state index is 13.9. The molecule has 21 heavy (non-hydrogen) atoms. The van der Waals surface area contributed by atoms with Crippen molar-refractivity contribution in [2.75, 3.05) is 26.7 Å². The minimum Gasteiger partial charge on any atom is -0.496 e. The zero-order valence-corrected chi connectivity index (χ0v) is 13.1. The molecule has 1 fully saturated rings. The van der Waals surface area contributed by atoms with E-state index in [1.165, 1.54) is 19.6 Å². The van der Waals surface area contributed by atoms with Gasteiger partial charge in [0.25, 0.3) is 0 Å². The van der Waals surface area contributed by atoms with Crippen LogP contribution in [-0.4, -0.2) is 37.4 Å². The third kappa shape index (κ3) is 4.03. The molecule has 2 rings (SSSR count). The van der Waals surface area contributed by atoms with Crippen LogP contribution in [0.3, 0.4) is 0 Å². The summed E-state index contributed by atoms with van der Waals surface area (Å²) in [7, 11) is 1.46. The Morgan fingerprint density at radius 2 is 2.00 bits per heavy atom. The lowest BCUT2D eigenvalue weighted by Crippen LogP contribution is -2.39. The molecule has 2 atom stereocenters. The number of hydrogen-bond acceptors (Lipinski definition) is 3. The highest BCUT2D eigenvalue weighted by Gasteiger charge is 2.23. The van der Waals surface area contributed by atoms with Gasteiger partial charge in [-0.15, -0.1) is 0 Å². The fourth-order valence-corrected chi connectivity index (χ4v) is 3.30. The van der Waals surface area contributed by atoms with Crippen molar-refractivity contribution in [2.24, 2.45) is 11.8 Å². The molecule has 1 saturated heterocycles. The molecular formula is C17H24FNO2. The molecule has 0 spiro atoms. The number of rotatable bonds is 5. The number of hydrogen-bond donors (Lipinski definition) is 0. The molecule has 1 aliphatic rings. The molecule has 116 valence electrons. The largest absolute Gasteiger partial charge is 0.496 e. The van der Waals surface area contributed by atoms with Crippen molar-refractivity contribution in [1.29, 1.82) is 0 Å². The Morgan fingerprint density at radius 3 is 2.62 bits per heavy atom. The topological polar surface area (TPSA) is 29.5 Å². The smallest absolute Gasteiger partial charge is 0.170 e. The lowest BCUT2D eigenvalue weighted by molar-refractivity contribution is 0.0919. The van der Waals surface area contributed by atoms with Crippen LogP contribution in [0.25, 0.3) is 0 Å². The summed E-state index contributed by atoms with van der Waals surface area (Å²) < 4.78 is 19.0. The fraction of sp³-hybridized carbons (Fsp3) is 0.588. The van der Waals surface area contributed by atoms with Gasteiger partial charge in [-0.3, -0.25) is 4.79 Å². The second-order valence-corrected chi connectivity index (χ2v) is 6.20. The summed E-state index contributed by atoms with van der Waals surface area (Å²) in [5, 5.41) is 0. The first-order chi connectivity index (χ1) is 10.0. The van der Waals surface area contributed by atoms with Gasteiger partial charge in [0.05, 0.1) is 12.7 Å². The molecule has 1 aromatic rings. The van der Waals surface area contributed by atoms with Gasteiger partial charge in [-0.25, -0.2) is 4.39 Å². The average Bonchev–Trinajstić information content (AvgIpc) is 2.43. The van der Waals surface area contributed by atoms with E-state index in [0.29, 0.717) is 30.6 Å². The summed E-state index contributed by atoms with van der Waals surface area (Å²) in [6.07, 6.45) is 1.57. The van der Waals surface area contributed by atoms with Gasteiger partial charge in [0.2, 0.25) is 0 Å². The molecular weight excluding hydrogens is 269 g/mol. The van der Waals surface area contributed by atoms with Crippen molar-refractivity contribution in [3.05, 3.63) is 29.6 Å². The third-order valence-electron chi connectivity index (χ3n) is 4.07. The number of benzene rings is 1. The Kier molecular flexibility index (Phi) is 5.34. The van der Waals surface area contributed by atoms with Crippen molar-refractivity contribution < 1.29 is 13.9 Å². The van der Waals surface area contributed by atoms with E-state index in [1.54, 1.807) is 12.1 Å². The van der Waals surface area contributed by atoms with E-state index in [0.717, 1.165) is 13.1 Å². The summed E-state index contributed by atoms with van der Waals surface area (Å²) in [4.78, 5) is 14.6. The monoisotopic (exact) mass is 293 g/mol. The van der Waals surface area contributed by atoms with Crippen LogP contribution in [0.1, 0.15) is 37.0 Å². The minimum atomic E-state index is -0.500. The van der Waals surface area contributed by atoms with Gasteiger partial charge in [-0.2, -0.15) is 0 Å². The lowest BCUT2D eigenvalue weighted by Gasteiger charge is -2.34. The van der Waals surface area contributed by atoms with Crippen LogP contribution in [0.15, 0.2) is 18.2 Å². The predicted molar refractivity (Wildman–Crippen MR) is 81.3 cm³/mol. The quantitative estimate of drug-likeness (QED) is 0.779. The van der Waals surface area contributed by atoms with Crippen LogP contribution in [0.2, 0.25) is 0 Å². The summed E-state index contributed by atoms with van der Waals surface area (Å²) >= 11 is 0. The highest BCUT2D eigenvalue weighted by molar-refractivity contribution is 5.99. The number of ether oxygens (including phenoxy) is 1. The molecule has 0 aliphatic carbocycles. The zero-order chi connectivity index (χ0) is 15.4. The molecule has 1 aliphatic heterocycles. The minimum absolute atomic E-state index is 0.0816. The summed E-state index contributed by atoms with van der Waals surface area (Å²) in [5.41, 5.74) is 0.0816. The number of carbonyl (C=O) groups is 1. The summed E-state index contributed by atoms with van der Waals surface area (Å²) in [5.74, 6) is 0.953. The molecule has 0 radical (unpaired) electrons. The first-order valence-corrected chi connectivity index (χ1v) is 7.59. The van der Waals surface area contributed by atoms with Crippen molar-refractivity contribution in [1.82, 2.24) is 4.90 Å². The molecule has 4 heteroatoms. The molecule has 0 N–H and O–H groups in total. The molecule has 0 bridgehead atoms. The van der Waals surface area contributed by atoms with Crippen molar-refractivity contribution in [3.63, 3.8) is 0 Å². The molecule has 3 nitrogen and oxygen atoms in total. The van der Waals surface area contributed by atoms with Gasteiger partial charge in [0.15, 0.2) is 5.78 Å². The zero-order valence-electron chi connectivity index (χ0n) is 13.1. The SMILES string of the molecule is COc1cccc(F)c1C(=O)CCN1CC(C)CC(C)C1. The fourth-order valence-electron chi connectivity index (χ4n) is 3.30. The predicted octanol–water partition coefficient (Wildman–Crippen LogP) is 3.39. The maximum absolute atomic E-state index is 13.9. The van der Waals surface area contributed by atoms with E-state index in [-0.39, 0.29) is 11.3 Å². The first-order valence-electron chi connectivity index (χ1n) is 7.59. The van der Waals surface area contributed by atoms with Crippen LogP contribution in [0.4, 0.5) is 4.39 Å². The third-order valence-corrected chi connectivity index (χ3v) is 4.07. The molecule has 0 saturated carbocycles. The Bertz CT molecular complexity index is 494. The van der Waals surface area contributed by atoms with Crippen LogP contribution in [-0.2, 0) is 0 Å². The van der Waals surface area contributed by atoms with Crippen molar-refractivity contribution >= 4 is 5.78 Å². The van der Waals surface area contributed by atoms with E-state index in [4.69, 9.17) is 4.74 Å². The normalized spacial score (nSPS) is 23.0. The summed E-state index contributed by atoms with van der Waals surface area (Å²) in [6.45, 7) is 7.21. The van der Waals surface area contributed by atoms with E-state index in [1.807, 2.05) is 0 Å². The van der Waals surface area contributed by atoms with Gasteiger partial charge in [0, 0.05) is 26.1 Å². The van der Waals surface area contributed by atoms with Crippen molar-refractivity contribution in [2.45, 2.75) is 26.7 Å². The molecule has 2 unspecified atom stereocenters. The van der Waals surface area contributed by atoms with Gasteiger partial charge in [-0.1, -0.05) is 19.9 Å². The Labute approximate surface area is 126 Å². The van der Waals surface area contributed by atoms with E-state index >= 15 is 0 Å². The van der Waals surface area contributed by atoms with Crippen LogP contribution < -0.4 is 4.74 Å². The van der Waals surface area contributed by atoms with E-state index in [9.17, 15) is 9.18 Å². The molecule has 0 amide bonds. The lowest BCUT2D eigenvalue weighted by atomic mass is 9.91. The number of halogens is 1. The molecule has 1 heterocycles. The molecule has 1 aromatic carbocycles. The van der Waals surface area contributed by atoms with E-state index < -0.39 is 5.82 Å². The van der Waals surface area contributed by atoms with Crippen LogP contribution in [0.5, 0.6) is 5.75 Å². The number of nitrogens with zero attached hydrogens (tertiary/aromatic N) is 1. The van der Waals surface area contributed by atoms with E-state index in [2.05, 4.69) is 18.7 Å². The number of piperidine rings is 1. The van der Waals surface area contributed by atoms with Gasteiger partial charge >= 0.3 is 0 Å². The maximum Gasteiger partial charge on any atom is 0.170 e. The number of carbonyl (C=O) groups excluding carboxylic acids is 1. The van der Waals surface area contributed by atoms with Crippen LogP contribution in [0, 0.1) is 17.7 Å². The highest BCUT2D eigenvalue weighted by Crippen LogP contribution is 2.24. The van der Waals surface area contributed by atoms with Crippen LogP contribution >= 0.6 is 0 Å². The number of likely N-dealkylation sites (tertiary alicyclic amines) is 1. The second-order valence-electron chi connectivity index (χ2n) is 6.20. The van der Waals surface area contributed by atoms with Crippen molar-refractivity contribution in [3.8, 4) is 5.75 Å².